The first kappa shape index (κ1) is 11.9. The number of aromatic nitrogens is 2. The minimum Gasteiger partial charge on any atom is -0.475 e. The lowest BCUT2D eigenvalue weighted by molar-refractivity contribution is 0.0656. The van der Waals surface area contributed by atoms with E-state index in [1.807, 2.05) is 0 Å². The largest absolute Gasteiger partial charge is 0.475 e. The Bertz CT molecular complexity index is 527. The van der Waals surface area contributed by atoms with Crippen molar-refractivity contribution in [2.45, 2.75) is 10.8 Å². The molecule has 1 N–H and O–H groups in total. The predicted octanol–water partition coefficient (Wildman–Crippen LogP) is 2.71. The van der Waals surface area contributed by atoms with Gasteiger partial charge in [-0.2, -0.15) is 0 Å². The second-order valence-electron chi connectivity index (χ2n) is 3.04. The molecule has 88 valence electrons. The molecule has 2 aromatic rings. The van der Waals surface area contributed by atoms with Crippen LogP contribution in [0.3, 0.4) is 0 Å². The Morgan fingerprint density at radius 1 is 1.41 bits per heavy atom. The Labute approximate surface area is 106 Å². The van der Waals surface area contributed by atoms with E-state index in [1.54, 1.807) is 12.3 Å². The van der Waals surface area contributed by atoms with Crippen molar-refractivity contribution in [1.29, 1.82) is 0 Å². The molecule has 0 saturated carbocycles. The summed E-state index contributed by atoms with van der Waals surface area (Å²) in [7, 11) is 0. The Morgan fingerprint density at radius 2 is 2.24 bits per heavy atom. The summed E-state index contributed by atoms with van der Waals surface area (Å²) >= 11 is 6.94. The van der Waals surface area contributed by atoms with Crippen molar-refractivity contribution in [2.24, 2.45) is 0 Å². The highest BCUT2D eigenvalue weighted by Gasteiger charge is 2.09. The van der Waals surface area contributed by atoms with Gasteiger partial charge in [-0.3, -0.25) is 4.98 Å². The minimum absolute atomic E-state index is 0.0744. The maximum atomic E-state index is 10.6. The standard InChI is InChI=1S/C10H7ClN2O3S/c11-8-4-12-6(3-13-8)5-17-9-2-1-7(16-9)10(14)15/h1-4H,5H2,(H,14,15). The van der Waals surface area contributed by atoms with Crippen molar-refractivity contribution in [3.05, 3.63) is 41.1 Å². The number of nitrogens with zero attached hydrogens (tertiary/aromatic N) is 2. The van der Waals surface area contributed by atoms with Gasteiger partial charge in [0.25, 0.3) is 0 Å². The maximum absolute atomic E-state index is 10.6. The van der Waals surface area contributed by atoms with Crippen molar-refractivity contribution in [2.75, 3.05) is 0 Å². The van der Waals surface area contributed by atoms with Crippen LogP contribution in [0.1, 0.15) is 16.2 Å². The highest BCUT2D eigenvalue weighted by molar-refractivity contribution is 7.98. The molecule has 2 aromatic heterocycles. The number of hydrogen-bond donors (Lipinski definition) is 1. The number of carboxylic acid groups (broad SMARTS) is 1. The second kappa shape index (κ2) is 5.20. The molecule has 0 aliphatic rings. The lowest BCUT2D eigenvalue weighted by atomic mass is 10.5. The van der Waals surface area contributed by atoms with Gasteiger partial charge in [-0.05, 0) is 12.1 Å². The number of aromatic carboxylic acids is 1. The normalized spacial score (nSPS) is 10.4. The van der Waals surface area contributed by atoms with Crippen molar-refractivity contribution in [3.8, 4) is 0 Å². The van der Waals surface area contributed by atoms with Crippen LogP contribution < -0.4 is 0 Å². The Hall–Kier alpha value is -1.53. The monoisotopic (exact) mass is 270 g/mol. The number of rotatable bonds is 4. The van der Waals surface area contributed by atoms with E-state index in [2.05, 4.69) is 9.97 Å². The van der Waals surface area contributed by atoms with Crippen LogP contribution in [0.5, 0.6) is 0 Å². The zero-order chi connectivity index (χ0) is 12.3. The molecule has 0 atom stereocenters. The predicted molar refractivity (Wildman–Crippen MR) is 62.3 cm³/mol. The smallest absolute Gasteiger partial charge is 0.371 e. The molecule has 0 aromatic carbocycles. The summed E-state index contributed by atoms with van der Waals surface area (Å²) in [4.78, 5) is 18.5. The maximum Gasteiger partial charge on any atom is 0.371 e. The van der Waals surface area contributed by atoms with E-state index < -0.39 is 5.97 Å². The fraction of sp³-hybridized carbons (Fsp3) is 0.100. The van der Waals surface area contributed by atoms with E-state index in [-0.39, 0.29) is 5.76 Å². The summed E-state index contributed by atoms with van der Waals surface area (Å²) in [6.07, 6.45) is 3.03. The summed E-state index contributed by atoms with van der Waals surface area (Å²) in [5.41, 5.74) is 0.743. The van der Waals surface area contributed by atoms with Crippen LogP contribution >= 0.6 is 23.4 Å². The topological polar surface area (TPSA) is 76.2 Å². The molecule has 5 nitrogen and oxygen atoms in total. The summed E-state index contributed by atoms with van der Waals surface area (Å²) in [6.45, 7) is 0. The molecule has 0 amide bonds. The van der Waals surface area contributed by atoms with Crippen LogP contribution in [0, 0.1) is 0 Å². The zero-order valence-electron chi connectivity index (χ0n) is 8.46. The third kappa shape index (κ3) is 3.21. The number of thioether (sulfide) groups is 1. The Kier molecular flexibility index (Phi) is 3.65. The van der Waals surface area contributed by atoms with Crippen LogP contribution in [-0.2, 0) is 5.75 Å². The Morgan fingerprint density at radius 3 is 2.82 bits per heavy atom. The van der Waals surface area contributed by atoms with Crippen LogP contribution in [0.25, 0.3) is 0 Å². The lowest BCUT2D eigenvalue weighted by Gasteiger charge is -1.97. The van der Waals surface area contributed by atoms with Crippen LogP contribution in [0.4, 0.5) is 0 Å². The van der Waals surface area contributed by atoms with E-state index in [4.69, 9.17) is 21.1 Å². The molecule has 0 radical (unpaired) electrons. The molecule has 0 aliphatic carbocycles. The second-order valence-corrected chi connectivity index (χ2v) is 4.41. The summed E-state index contributed by atoms with van der Waals surface area (Å²) < 4.78 is 5.08. The van der Waals surface area contributed by atoms with Crippen LogP contribution in [0.15, 0.2) is 34.0 Å². The number of hydrogen-bond acceptors (Lipinski definition) is 5. The van der Waals surface area contributed by atoms with E-state index in [0.717, 1.165) is 5.69 Å². The van der Waals surface area contributed by atoms with Crippen molar-refractivity contribution < 1.29 is 14.3 Å². The fourth-order valence-electron chi connectivity index (χ4n) is 1.07. The molecule has 0 bridgehead atoms. The van der Waals surface area contributed by atoms with Gasteiger partial charge in [-0.15, -0.1) is 0 Å². The van der Waals surface area contributed by atoms with Crippen molar-refractivity contribution in [1.82, 2.24) is 9.97 Å². The fourth-order valence-corrected chi connectivity index (χ4v) is 1.92. The summed E-state index contributed by atoms with van der Waals surface area (Å²) in [5.74, 6) is -0.616. The SMILES string of the molecule is O=C(O)c1ccc(SCc2cnc(Cl)cn2)o1. The first-order chi connectivity index (χ1) is 8.15. The zero-order valence-corrected chi connectivity index (χ0v) is 10.0. The number of carbonyl (C=O) groups is 1. The summed E-state index contributed by atoms with van der Waals surface area (Å²) in [6, 6.07) is 3.02. The lowest BCUT2D eigenvalue weighted by Crippen LogP contribution is -1.91. The molecule has 0 fully saturated rings. The minimum atomic E-state index is -1.08. The molecular formula is C10H7ClN2O3S. The third-order valence-electron chi connectivity index (χ3n) is 1.83. The van der Waals surface area contributed by atoms with Gasteiger partial charge in [-0.1, -0.05) is 23.4 Å². The average molecular weight is 271 g/mol. The van der Waals surface area contributed by atoms with Gasteiger partial charge >= 0.3 is 5.97 Å². The molecule has 7 heteroatoms. The van der Waals surface area contributed by atoms with Crippen molar-refractivity contribution >= 4 is 29.3 Å². The van der Waals surface area contributed by atoms with Gasteiger partial charge in [0.1, 0.15) is 5.15 Å². The molecule has 0 unspecified atom stereocenters. The van der Waals surface area contributed by atoms with E-state index in [0.29, 0.717) is 16.0 Å². The molecule has 0 spiro atoms. The quantitative estimate of drug-likeness (QED) is 0.861. The van der Waals surface area contributed by atoms with Gasteiger partial charge in [0.2, 0.25) is 5.76 Å². The van der Waals surface area contributed by atoms with Gasteiger partial charge in [-0.25, -0.2) is 9.78 Å². The van der Waals surface area contributed by atoms with E-state index >= 15 is 0 Å². The molecular weight excluding hydrogens is 264 g/mol. The number of furan rings is 1. The third-order valence-corrected chi connectivity index (χ3v) is 2.97. The number of carboxylic acids is 1. The van der Waals surface area contributed by atoms with E-state index in [1.165, 1.54) is 24.0 Å². The molecule has 2 heterocycles. The summed E-state index contributed by atoms with van der Waals surface area (Å²) in [5, 5.41) is 9.54. The molecule has 2 rings (SSSR count). The highest BCUT2D eigenvalue weighted by Crippen LogP contribution is 2.24. The first-order valence-electron chi connectivity index (χ1n) is 4.57. The average Bonchev–Trinajstić information content (AvgIpc) is 2.77. The van der Waals surface area contributed by atoms with Crippen LogP contribution in [0.2, 0.25) is 5.15 Å². The van der Waals surface area contributed by atoms with Crippen molar-refractivity contribution in [3.63, 3.8) is 0 Å². The molecule has 0 aliphatic heterocycles. The first-order valence-corrected chi connectivity index (χ1v) is 5.94. The molecule has 0 saturated heterocycles. The van der Waals surface area contributed by atoms with Crippen LogP contribution in [-0.4, -0.2) is 21.0 Å². The van der Waals surface area contributed by atoms with Gasteiger partial charge in [0, 0.05) is 5.75 Å². The van der Waals surface area contributed by atoms with Gasteiger partial charge < -0.3 is 9.52 Å². The number of halogens is 1. The van der Waals surface area contributed by atoms with E-state index in [9.17, 15) is 4.79 Å². The van der Waals surface area contributed by atoms with Gasteiger partial charge in [0.15, 0.2) is 5.09 Å². The Balaban J connectivity index is 1.97. The van der Waals surface area contributed by atoms with Gasteiger partial charge in [0.05, 0.1) is 18.1 Å². The highest BCUT2D eigenvalue weighted by atomic mass is 35.5. The molecule has 17 heavy (non-hydrogen) atoms.